The number of fused-ring (bicyclic) bond motifs is 1. The summed E-state index contributed by atoms with van der Waals surface area (Å²) in [4.78, 5) is 25.9. The summed E-state index contributed by atoms with van der Waals surface area (Å²) in [6.45, 7) is 0.277. The minimum absolute atomic E-state index is 0.149. The van der Waals surface area contributed by atoms with Crippen molar-refractivity contribution < 1.29 is 18.2 Å². The molecule has 0 atom stereocenters. The van der Waals surface area contributed by atoms with Crippen LogP contribution in [-0.2, 0) is 6.54 Å². The van der Waals surface area contributed by atoms with Gasteiger partial charge in [0.15, 0.2) is 12.2 Å². The Bertz CT molecular complexity index is 1030. The normalized spacial score (nSPS) is 13.3. The molecule has 0 spiro atoms. The van der Waals surface area contributed by atoms with Crippen molar-refractivity contribution in [1.82, 2.24) is 10.0 Å². The van der Waals surface area contributed by atoms with Crippen LogP contribution >= 0.6 is 12.2 Å². The fraction of sp³-hybridized carbons (Fsp3) is 0.0476. The molecular formula is C21H16N2O4S. The number of rotatable bonds is 7. The van der Waals surface area contributed by atoms with E-state index in [-0.39, 0.29) is 29.5 Å². The Morgan fingerprint density at radius 3 is 2.18 bits per heavy atom. The molecule has 0 saturated carbocycles. The molecule has 2 N–H and O–H groups in total. The minimum Gasteiger partial charge on any atom is -0.467 e. The maximum Gasteiger partial charge on any atom is 0.212 e. The number of para-hydroxylation sites is 1. The Labute approximate surface area is 165 Å². The number of nitrogens with one attached hydrogen (secondary N) is 2. The monoisotopic (exact) mass is 392 g/mol. The summed E-state index contributed by atoms with van der Waals surface area (Å²) in [6.07, 6.45) is 1.55. The summed E-state index contributed by atoms with van der Waals surface area (Å²) < 4.78 is 13.7. The summed E-state index contributed by atoms with van der Waals surface area (Å²) in [5.41, 5.74) is 1.06. The first-order valence-electron chi connectivity index (χ1n) is 8.57. The average Bonchev–Trinajstić information content (AvgIpc) is 3.25. The van der Waals surface area contributed by atoms with Gasteiger partial charge in [-0.2, -0.15) is 0 Å². The van der Waals surface area contributed by atoms with Crippen LogP contribution in [0.1, 0.15) is 26.5 Å². The maximum atomic E-state index is 13.0. The van der Waals surface area contributed by atoms with Crippen molar-refractivity contribution >= 4 is 23.8 Å². The highest BCUT2D eigenvalue weighted by Gasteiger charge is 2.32. The van der Waals surface area contributed by atoms with Crippen molar-refractivity contribution in [3.8, 4) is 5.75 Å². The summed E-state index contributed by atoms with van der Waals surface area (Å²) in [5, 5.41) is 3.03. The topological polar surface area (TPSA) is 80.6 Å². The molecule has 7 heteroatoms. The molecular weight excluding hydrogens is 376 g/mol. The van der Waals surface area contributed by atoms with Crippen LogP contribution in [0.25, 0.3) is 0 Å². The Hall–Kier alpha value is -3.45. The number of ketones is 2. The molecule has 1 aliphatic rings. The summed E-state index contributed by atoms with van der Waals surface area (Å²) in [7, 11) is 0. The van der Waals surface area contributed by atoms with Crippen LogP contribution in [-0.4, -0.2) is 11.6 Å². The van der Waals surface area contributed by atoms with Gasteiger partial charge in [-0.05, 0) is 24.3 Å². The van der Waals surface area contributed by atoms with Crippen molar-refractivity contribution in [3.63, 3.8) is 0 Å². The number of allylic oxidation sites excluding steroid dienone is 2. The molecule has 0 aliphatic heterocycles. The van der Waals surface area contributed by atoms with E-state index >= 15 is 0 Å². The Morgan fingerprint density at radius 2 is 1.50 bits per heavy atom. The fourth-order valence-corrected chi connectivity index (χ4v) is 3.34. The highest BCUT2D eigenvalue weighted by atomic mass is 32.2. The summed E-state index contributed by atoms with van der Waals surface area (Å²) >= 11 is 0.876. The van der Waals surface area contributed by atoms with Crippen molar-refractivity contribution in [2.75, 3.05) is 0 Å². The summed E-state index contributed by atoms with van der Waals surface area (Å²) in [5.74, 6) is 0.741. The SMILES string of the molecule is O=C1C(NCc2ccco2)=C(NSOc2ccccc2)C(=O)c2ccccc21. The first kappa shape index (κ1) is 17.9. The predicted octanol–water partition coefficient (Wildman–Crippen LogP) is 3.89. The van der Waals surface area contributed by atoms with Gasteiger partial charge in [0, 0.05) is 11.1 Å². The molecule has 28 heavy (non-hydrogen) atoms. The molecule has 4 rings (SSSR count). The molecule has 1 heterocycles. The number of carbonyl (C=O) groups excluding carboxylic acids is 2. The summed E-state index contributed by atoms with van der Waals surface area (Å²) in [6, 6.07) is 19.5. The van der Waals surface area contributed by atoms with E-state index in [9.17, 15) is 9.59 Å². The number of carbonyl (C=O) groups is 2. The second kappa shape index (κ2) is 8.06. The third-order valence-electron chi connectivity index (χ3n) is 4.16. The Morgan fingerprint density at radius 1 is 0.821 bits per heavy atom. The zero-order valence-corrected chi connectivity index (χ0v) is 15.5. The molecule has 0 fully saturated rings. The van der Waals surface area contributed by atoms with Gasteiger partial charge in [0.1, 0.15) is 22.9 Å². The highest BCUT2D eigenvalue weighted by Crippen LogP contribution is 2.26. The van der Waals surface area contributed by atoms with Gasteiger partial charge in [0.2, 0.25) is 11.6 Å². The maximum absolute atomic E-state index is 13.0. The molecule has 1 aromatic heterocycles. The van der Waals surface area contributed by atoms with E-state index in [0.717, 1.165) is 12.2 Å². The van der Waals surface area contributed by atoms with Gasteiger partial charge < -0.3 is 13.9 Å². The Balaban J connectivity index is 1.59. The van der Waals surface area contributed by atoms with E-state index in [1.807, 2.05) is 18.2 Å². The van der Waals surface area contributed by atoms with Crippen LogP contribution in [0.15, 0.2) is 88.8 Å². The molecule has 0 amide bonds. The predicted molar refractivity (Wildman–Crippen MR) is 105 cm³/mol. The van der Waals surface area contributed by atoms with Crippen LogP contribution in [0.4, 0.5) is 0 Å². The molecule has 6 nitrogen and oxygen atoms in total. The van der Waals surface area contributed by atoms with Gasteiger partial charge in [-0.25, -0.2) is 0 Å². The first-order chi connectivity index (χ1) is 13.7. The molecule has 1 aliphatic carbocycles. The van der Waals surface area contributed by atoms with Crippen molar-refractivity contribution in [1.29, 1.82) is 0 Å². The van der Waals surface area contributed by atoms with E-state index in [0.29, 0.717) is 22.6 Å². The van der Waals surface area contributed by atoms with Crippen molar-refractivity contribution in [2.45, 2.75) is 6.54 Å². The van der Waals surface area contributed by atoms with Crippen LogP contribution in [0, 0.1) is 0 Å². The van der Waals surface area contributed by atoms with Crippen LogP contribution in [0.5, 0.6) is 5.75 Å². The second-order valence-electron chi connectivity index (χ2n) is 5.97. The standard InChI is InChI=1S/C21H16N2O4S/c24-20-16-10-4-5-11-17(16)21(25)19(18(20)22-13-15-9-6-12-26-15)23-28-27-14-7-2-1-3-8-14/h1-12,22-23H,13H2. The van der Waals surface area contributed by atoms with Gasteiger partial charge in [-0.3, -0.25) is 14.3 Å². The average molecular weight is 392 g/mol. The zero-order chi connectivity index (χ0) is 19.3. The zero-order valence-electron chi connectivity index (χ0n) is 14.7. The van der Waals surface area contributed by atoms with Crippen LogP contribution in [0.2, 0.25) is 0 Å². The number of benzene rings is 2. The quantitative estimate of drug-likeness (QED) is 0.466. The lowest BCUT2D eigenvalue weighted by atomic mass is 9.90. The van der Waals surface area contributed by atoms with Crippen LogP contribution in [0.3, 0.4) is 0 Å². The second-order valence-corrected chi connectivity index (χ2v) is 6.51. The molecule has 0 bridgehead atoms. The number of furan rings is 1. The Kier molecular flexibility index (Phi) is 5.16. The highest BCUT2D eigenvalue weighted by molar-refractivity contribution is 7.93. The lowest BCUT2D eigenvalue weighted by Gasteiger charge is -2.21. The largest absolute Gasteiger partial charge is 0.467 e. The van der Waals surface area contributed by atoms with Gasteiger partial charge >= 0.3 is 0 Å². The molecule has 0 unspecified atom stereocenters. The van der Waals surface area contributed by atoms with Crippen molar-refractivity contribution in [2.24, 2.45) is 0 Å². The third kappa shape index (κ3) is 3.65. The number of hydrogen-bond acceptors (Lipinski definition) is 7. The van der Waals surface area contributed by atoms with E-state index in [4.69, 9.17) is 8.60 Å². The first-order valence-corrected chi connectivity index (χ1v) is 9.32. The van der Waals surface area contributed by atoms with Gasteiger partial charge in [-0.15, -0.1) is 0 Å². The lowest BCUT2D eigenvalue weighted by molar-refractivity contribution is 0.0965. The van der Waals surface area contributed by atoms with Crippen LogP contribution < -0.4 is 14.2 Å². The smallest absolute Gasteiger partial charge is 0.212 e. The lowest BCUT2D eigenvalue weighted by Crippen LogP contribution is -2.34. The van der Waals surface area contributed by atoms with E-state index in [1.54, 1.807) is 54.8 Å². The number of Topliss-reactive ketones (excluding diaryl/α,β-unsaturated/α-hetero) is 2. The van der Waals surface area contributed by atoms with Gasteiger partial charge in [0.25, 0.3) is 0 Å². The fourth-order valence-electron chi connectivity index (χ4n) is 2.82. The molecule has 0 saturated heterocycles. The third-order valence-corrected chi connectivity index (χ3v) is 4.73. The van der Waals surface area contributed by atoms with Gasteiger partial charge in [0.05, 0.1) is 12.8 Å². The molecule has 0 radical (unpaired) electrons. The minimum atomic E-state index is -0.277. The molecule has 3 aromatic rings. The molecule has 2 aromatic carbocycles. The van der Waals surface area contributed by atoms with Gasteiger partial charge in [-0.1, -0.05) is 42.5 Å². The van der Waals surface area contributed by atoms with E-state index < -0.39 is 0 Å². The number of hydrogen-bond donors (Lipinski definition) is 2. The molecule has 140 valence electrons. The van der Waals surface area contributed by atoms with Crippen molar-refractivity contribution in [3.05, 3.63) is 101 Å². The van der Waals surface area contributed by atoms with E-state index in [1.165, 1.54) is 0 Å². The van der Waals surface area contributed by atoms with E-state index in [2.05, 4.69) is 10.0 Å².